The van der Waals surface area contributed by atoms with Crippen molar-refractivity contribution in [3.63, 3.8) is 0 Å². The number of carbonyl (C=O) groups is 2. The second-order valence-corrected chi connectivity index (χ2v) is 10.9. The number of rotatable bonds is 5. The standard InChI is InChI=1S/C25H33ClN4O2.C2HF3O2/c1-16-4-3-11-30(16)15-17-5-6-20(22(26)12-17)18-13-21(23(27)28-14-18)24(31)29-19-7-9-25(2,32)10-8-19;3-2(4,5)1(6)7/h5-6,12-14,16,19,32H,3-4,7-11,15H2,1-2H3,(H2,27,28)(H,29,31);(H,6,7)/t16-,19?,25?;/m1./s1. The third-order valence-corrected chi connectivity index (χ3v) is 7.54. The van der Waals surface area contributed by atoms with Crippen LogP contribution in [0.5, 0.6) is 0 Å². The first kappa shape index (κ1) is 30.6. The number of nitrogen functional groups attached to an aromatic ring is 1. The van der Waals surface area contributed by atoms with Crippen molar-refractivity contribution in [2.75, 3.05) is 12.3 Å². The Morgan fingerprint density at radius 2 is 1.87 bits per heavy atom. The van der Waals surface area contributed by atoms with Gasteiger partial charge in [-0.3, -0.25) is 9.69 Å². The number of likely N-dealkylation sites (tertiary alicyclic amines) is 1. The molecule has 2 aliphatic rings. The Hall–Kier alpha value is -2.89. The van der Waals surface area contributed by atoms with Gasteiger partial charge in [-0.05, 0) is 76.6 Å². The number of nitrogens with one attached hydrogen (secondary N) is 1. The van der Waals surface area contributed by atoms with E-state index in [0.29, 0.717) is 29.5 Å². The Labute approximate surface area is 230 Å². The quantitative estimate of drug-likeness (QED) is 0.397. The van der Waals surface area contributed by atoms with Crippen molar-refractivity contribution >= 4 is 29.3 Å². The molecule has 1 aliphatic heterocycles. The number of benzene rings is 1. The molecule has 1 saturated heterocycles. The third-order valence-electron chi connectivity index (χ3n) is 7.22. The molecule has 1 atom stereocenters. The summed E-state index contributed by atoms with van der Waals surface area (Å²) in [4.78, 5) is 28.5. The molecule has 12 heteroatoms. The highest BCUT2D eigenvalue weighted by atomic mass is 35.5. The molecule has 2 aromatic rings. The molecular formula is C27H34ClF3N4O4. The first-order valence-corrected chi connectivity index (χ1v) is 13.2. The number of carbonyl (C=O) groups excluding carboxylic acids is 1. The van der Waals surface area contributed by atoms with Gasteiger partial charge in [-0.15, -0.1) is 0 Å². The van der Waals surface area contributed by atoms with Gasteiger partial charge in [0.05, 0.1) is 11.2 Å². The summed E-state index contributed by atoms with van der Waals surface area (Å²) in [5.41, 5.74) is 8.53. The van der Waals surface area contributed by atoms with Crippen LogP contribution in [0, 0.1) is 0 Å². The van der Waals surface area contributed by atoms with Crippen molar-refractivity contribution in [3.05, 3.63) is 46.6 Å². The van der Waals surface area contributed by atoms with E-state index >= 15 is 0 Å². The lowest BCUT2D eigenvalue weighted by Crippen LogP contribution is -2.42. The molecule has 1 amide bonds. The summed E-state index contributed by atoms with van der Waals surface area (Å²) in [6, 6.07) is 8.49. The Balaban J connectivity index is 0.000000532. The average Bonchev–Trinajstić information content (AvgIpc) is 3.25. The van der Waals surface area contributed by atoms with E-state index in [-0.39, 0.29) is 17.8 Å². The van der Waals surface area contributed by atoms with Crippen LogP contribution >= 0.6 is 11.6 Å². The number of alkyl halides is 3. The third kappa shape index (κ3) is 8.55. The largest absolute Gasteiger partial charge is 0.490 e. The zero-order chi connectivity index (χ0) is 29.0. The smallest absolute Gasteiger partial charge is 0.475 e. The van der Waals surface area contributed by atoms with E-state index in [4.69, 9.17) is 27.2 Å². The summed E-state index contributed by atoms with van der Waals surface area (Å²) in [5, 5.41) is 20.9. The Morgan fingerprint density at radius 1 is 1.23 bits per heavy atom. The monoisotopic (exact) mass is 570 g/mol. The average molecular weight is 571 g/mol. The van der Waals surface area contributed by atoms with E-state index in [1.54, 1.807) is 12.3 Å². The van der Waals surface area contributed by atoms with Gasteiger partial charge in [-0.2, -0.15) is 13.2 Å². The summed E-state index contributed by atoms with van der Waals surface area (Å²) in [6.45, 7) is 6.13. The maximum atomic E-state index is 12.9. The van der Waals surface area contributed by atoms with Crippen molar-refractivity contribution < 1.29 is 33.0 Å². The van der Waals surface area contributed by atoms with Crippen molar-refractivity contribution in [3.8, 4) is 11.1 Å². The van der Waals surface area contributed by atoms with E-state index in [1.165, 1.54) is 18.4 Å². The highest BCUT2D eigenvalue weighted by Crippen LogP contribution is 2.32. The lowest BCUT2D eigenvalue weighted by molar-refractivity contribution is -0.192. The zero-order valence-electron chi connectivity index (χ0n) is 21.9. The van der Waals surface area contributed by atoms with Gasteiger partial charge in [0.1, 0.15) is 5.82 Å². The fourth-order valence-electron chi connectivity index (χ4n) is 4.80. The van der Waals surface area contributed by atoms with Crippen molar-refractivity contribution in [2.24, 2.45) is 0 Å². The lowest BCUT2D eigenvalue weighted by Gasteiger charge is -2.33. The van der Waals surface area contributed by atoms with Gasteiger partial charge in [-0.25, -0.2) is 9.78 Å². The van der Waals surface area contributed by atoms with Gasteiger partial charge >= 0.3 is 12.1 Å². The van der Waals surface area contributed by atoms with Gasteiger partial charge in [0.2, 0.25) is 0 Å². The number of aromatic nitrogens is 1. The summed E-state index contributed by atoms with van der Waals surface area (Å²) >= 11 is 6.64. The number of carboxylic acids is 1. The van der Waals surface area contributed by atoms with E-state index < -0.39 is 17.7 Å². The minimum Gasteiger partial charge on any atom is -0.475 e. The second-order valence-electron chi connectivity index (χ2n) is 10.5. The number of nitrogens with zero attached hydrogens (tertiary/aromatic N) is 2. The number of hydrogen-bond donors (Lipinski definition) is 4. The fraction of sp³-hybridized carbons (Fsp3) is 0.519. The van der Waals surface area contributed by atoms with Crippen LogP contribution < -0.4 is 11.1 Å². The van der Waals surface area contributed by atoms with Crippen LogP contribution in [0.2, 0.25) is 5.02 Å². The number of halogens is 4. The van der Waals surface area contributed by atoms with Crippen LogP contribution in [0.1, 0.15) is 68.3 Å². The summed E-state index contributed by atoms with van der Waals surface area (Å²) in [7, 11) is 0. The molecule has 5 N–H and O–H groups in total. The van der Waals surface area contributed by atoms with Crippen LogP contribution in [-0.2, 0) is 11.3 Å². The number of carboxylic acid groups (broad SMARTS) is 1. The molecule has 0 radical (unpaired) electrons. The molecule has 214 valence electrons. The molecule has 1 saturated carbocycles. The molecule has 1 aromatic carbocycles. The summed E-state index contributed by atoms with van der Waals surface area (Å²) in [6.07, 6.45) is 1.90. The molecule has 0 spiro atoms. The van der Waals surface area contributed by atoms with Gasteiger partial charge in [0.25, 0.3) is 5.91 Å². The van der Waals surface area contributed by atoms with Crippen LogP contribution in [0.3, 0.4) is 0 Å². The molecule has 8 nitrogen and oxygen atoms in total. The van der Waals surface area contributed by atoms with Crippen LogP contribution in [-0.4, -0.2) is 62.4 Å². The maximum absolute atomic E-state index is 12.9. The summed E-state index contributed by atoms with van der Waals surface area (Å²) in [5.74, 6) is -2.79. The topological polar surface area (TPSA) is 129 Å². The van der Waals surface area contributed by atoms with Crippen LogP contribution in [0.25, 0.3) is 11.1 Å². The summed E-state index contributed by atoms with van der Waals surface area (Å²) < 4.78 is 31.7. The highest BCUT2D eigenvalue weighted by molar-refractivity contribution is 6.33. The van der Waals surface area contributed by atoms with Gasteiger partial charge in [-0.1, -0.05) is 23.7 Å². The van der Waals surface area contributed by atoms with Crippen molar-refractivity contribution in [1.82, 2.24) is 15.2 Å². The normalized spacial score (nSPS) is 23.6. The first-order chi connectivity index (χ1) is 18.2. The molecule has 2 heterocycles. The molecule has 1 aromatic heterocycles. The number of aliphatic carboxylic acids is 1. The molecule has 39 heavy (non-hydrogen) atoms. The van der Waals surface area contributed by atoms with E-state index in [2.05, 4.69) is 28.2 Å². The van der Waals surface area contributed by atoms with Gasteiger partial charge in [0, 0.05) is 41.0 Å². The minimum atomic E-state index is -5.08. The lowest BCUT2D eigenvalue weighted by atomic mass is 9.83. The maximum Gasteiger partial charge on any atom is 0.490 e. The SMILES string of the molecule is C[C@@H]1CCCN1Cc1ccc(-c2cnc(N)c(C(=O)NC3CCC(C)(O)CC3)c2)c(Cl)c1.O=C(O)C(F)(F)F. The number of pyridine rings is 1. The molecule has 2 fully saturated rings. The van der Waals surface area contributed by atoms with E-state index in [0.717, 1.165) is 37.1 Å². The number of amides is 1. The fourth-order valence-corrected chi connectivity index (χ4v) is 5.12. The minimum absolute atomic E-state index is 0.0293. The molecule has 4 rings (SSSR count). The number of hydrogen-bond acceptors (Lipinski definition) is 6. The van der Waals surface area contributed by atoms with Crippen molar-refractivity contribution in [1.29, 1.82) is 0 Å². The molecular weight excluding hydrogens is 537 g/mol. The second kappa shape index (κ2) is 12.5. The van der Waals surface area contributed by atoms with Crippen LogP contribution in [0.15, 0.2) is 30.5 Å². The Bertz CT molecular complexity index is 1180. The van der Waals surface area contributed by atoms with E-state index in [9.17, 15) is 23.1 Å². The van der Waals surface area contributed by atoms with E-state index in [1.807, 2.05) is 19.1 Å². The predicted octanol–water partition coefficient (Wildman–Crippen LogP) is 5.03. The predicted molar refractivity (Wildman–Crippen MR) is 142 cm³/mol. The zero-order valence-corrected chi connectivity index (χ0v) is 22.6. The number of nitrogens with two attached hydrogens (primary N) is 1. The Kier molecular flexibility index (Phi) is 9.84. The number of anilines is 1. The number of aliphatic hydroxyl groups is 1. The van der Waals surface area contributed by atoms with Gasteiger partial charge in [0.15, 0.2) is 0 Å². The Morgan fingerprint density at radius 3 is 2.41 bits per heavy atom. The first-order valence-electron chi connectivity index (χ1n) is 12.8. The highest BCUT2D eigenvalue weighted by Gasteiger charge is 2.38. The van der Waals surface area contributed by atoms with Crippen molar-refractivity contribution in [2.45, 2.75) is 82.8 Å². The molecule has 0 bridgehead atoms. The molecule has 0 unspecified atom stereocenters. The van der Waals surface area contributed by atoms with Gasteiger partial charge < -0.3 is 21.3 Å². The molecule has 1 aliphatic carbocycles. The van der Waals surface area contributed by atoms with Crippen LogP contribution in [0.4, 0.5) is 19.0 Å².